The molecule has 2 rings (SSSR count). The lowest BCUT2D eigenvalue weighted by molar-refractivity contribution is -0.159. The Hall–Kier alpha value is -2.54. The van der Waals surface area contributed by atoms with E-state index >= 15 is 0 Å². The minimum absolute atomic E-state index is 0.677. The third-order valence-electron chi connectivity index (χ3n) is 4.35. The Kier molecular flexibility index (Phi) is 11.4. The van der Waals surface area contributed by atoms with Crippen molar-refractivity contribution in [3.05, 3.63) is 30.0 Å². The van der Waals surface area contributed by atoms with Crippen LogP contribution in [0.25, 0.3) is 10.9 Å². The Balaban J connectivity index is 0.000000568. The van der Waals surface area contributed by atoms with Gasteiger partial charge in [0.2, 0.25) is 0 Å². The summed E-state index contributed by atoms with van der Waals surface area (Å²) < 4.78 is 5.90. The molecule has 1 heterocycles. The molecule has 1 aromatic heterocycles. The number of hydrogen-bond acceptors (Lipinski definition) is 4. The number of aromatic amines is 1. The fourth-order valence-electron chi connectivity index (χ4n) is 2.86. The number of H-pyrrole nitrogens is 1. The first kappa shape index (κ1) is 23.5. The number of carboxylic acid groups (broad SMARTS) is 2. The number of benzene rings is 1. The van der Waals surface area contributed by atoms with Crippen LogP contribution in [0.5, 0.6) is 5.75 Å². The Labute approximate surface area is 165 Å². The van der Waals surface area contributed by atoms with Crippen LogP contribution in [0.3, 0.4) is 0 Å². The number of nitrogens with two attached hydrogens (primary N) is 1. The lowest BCUT2D eigenvalue weighted by Gasteiger charge is -2.07. The molecule has 0 saturated heterocycles. The molecule has 0 amide bonds. The predicted molar refractivity (Wildman–Crippen MR) is 110 cm³/mol. The maximum Gasteiger partial charge on any atom is 0.414 e. The van der Waals surface area contributed by atoms with Crippen LogP contribution in [-0.4, -0.2) is 40.3 Å². The monoisotopic (exact) mass is 392 g/mol. The summed E-state index contributed by atoms with van der Waals surface area (Å²) in [5.74, 6) is -2.68. The van der Waals surface area contributed by atoms with E-state index in [1.807, 2.05) is 6.07 Å². The van der Waals surface area contributed by atoms with Crippen molar-refractivity contribution >= 4 is 22.8 Å². The summed E-state index contributed by atoms with van der Waals surface area (Å²) >= 11 is 0. The van der Waals surface area contributed by atoms with Gasteiger partial charge < -0.3 is 25.7 Å². The fraction of sp³-hybridized carbons (Fsp3) is 0.524. The molecule has 0 unspecified atom stereocenters. The van der Waals surface area contributed by atoms with Crippen molar-refractivity contribution in [3.63, 3.8) is 0 Å². The van der Waals surface area contributed by atoms with E-state index in [1.54, 1.807) is 0 Å². The van der Waals surface area contributed by atoms with E-state index in [0.29, 0.717) is 6.54 Å². The second-order valence-corrected chi connectivity index (χ2v) is 6.64. The van der Waals surface area contributed by atoms with E-state index in [4.69, 9.17) is 30.3 Å². The minimum Gasteiger partial charge on any atom is -0.494 e. The zero-order valence-electron chi connectivity index (χ0n) is 16.6. The van der Waals surface area contributed by atoms with Crippen molar-refractivity contribution in [2.24, 2.45) is 5.73 Å². The summed E-state index contributed by atoms with van der Waals surface area (Å²) in [6, 6.07) is 6.28. The molecule has 0 bridgehead atoms. The summed E-state index contributed by atoms with van der Waals surface area (Å²) in [5, 5.41) is 16.0. The molecule has 0 atom stereocenters. The molecule has 156 valence electrons. The maximum absolute atomic E-state index is 9.10. The number of unbranched alkanes of at least 4 members (excludes halogenated alkanes) is 6. The highest BCUT2D eigenvalue weighted by atomic mass is 16.5. The summed E-state index contributed by atoms with van der Waals surface area (Å²) in [6.45, 7) is 3.75. The Bertz CT molecular complexity index is 715. The predicted octanol–water partition coefficient (Wildman–Crippen LogP) is 3.95. The molecule has 0 aliphatic carbocycles. The van der Waals surface area contributed by atoms with Gasteiger partial charge in [0.05, 0.1) is 6.61 Å². The first-order valence-electron chi connectivity index (χ1n) is 9.88. The molecule has 28 heavy (non-hydrogen) atoms. The van der Waals surface area contributed by atoms with Crippen LogP contribution in [0.15, 0.2) is 24.4 Å². The van der Waals surface area contributed by atoms with Crippen LogP contribution >= 0.6 is 0 Å². The number of fused-ring (bicyclic) bond motifs is 1. The third kappa shape index (κ3) is 8.90. The third-order valence-corrected chi connectivity index (χ3v) is 4.35. The van der Waals surface area contributed by atoms with Gasteiger partial charge in [-0.3, -0.25) is 0 Å². The molecular weight excluding hydrogens is 360 g/mol. The van der Waals surface area contributed by atoms with Crippen molar-refractivity contribution in [2.75, 3.05) is 13.2 Å². The van der Waals surface area contributed by atoms with E-state index in [2.05, 4.69) is 30.2 Å². The van der Waals surface area contributed by atoms with E-state index in [-0.39, 0.29) is 0 Å². The van der Waals surface area contributed by atoms with Gasteiger partial charge in [0, 0.05) is 17.1 Å². The van der Waals surface area contributed by atoms with Crippen LogP contribution in [0.2, 0.25) is 0 Å². The largest absolute Gasteiger partial charge is 0.494 e. The molecule has 0 spiro atoms. The van der Waals surface area contributed by atoms with Crippen molar-refractivity contribution in [1.82, 2.24) is 4.98 Å². The average molecular weight is 392 g/mol. The van der Waals surface area contributed by atoms with Gasteiger partial charge >= 0.3 is 11.9 Å². The average Bonchev–Trinajstić information content (AvgIpc) is 3.07. The molecule has 2 aromatic rings. The zero-order chi connectivity index (χ0) is 20.8. The Morgan fingerprint density at radius 1 is 1.04 bits per heavy atom. The summed E-state index contributed by atoms with van der Waals surface area (Å²) in [7, 11) is 0. The van der Waals surface area contributed by atoms with E-state index in [1.165, 1.54) is 49.5 Å². The first-order valence-corrected chi connectivity index (χ1v) is 9.88. The van der Waals surface area contributed by atoms with E-state index in [9.17, 15) is 0 Å². The smallest absolute Gasteiger partial charge is 0.414 e. The van der Waals surface area contributed by atoms with Gasteiger partial charge in [0.25, 0.3) is 0 Å². The topological polar surface area (TPSA) is 126 Å². The fourth-order valence-corrected chi connectivity index (χ4v) is 2.86. The lowest BCUT2D eigenvalue weighted by atomic mass is 10.1. The molecule has 0 aliphatic rings. The lowest BCUT2D eigenvalue weighted by Crippen LogP contribution is -2.09. The summed E-state index contributed by atoms with van der Waals surface area (Å²) in [4.78, 5) is 21.5. The normalized spacial score (nSPS) is 10.4. The minimum atomic E-state index is -1.82. The van der Waals surface area contributed by atoms with Crippen LogP contribution in [0, 0.1) is 0 Å². The number of rotatable bonds is 11. The van der Waals surface area contributed by atoms with Crippen molar-refractivity contribution in [1.29, 1.82) is 0 Å². The SMILES string of the molecule is CCCCCCCCCOc1ccc2[nH]cc(CCN)c2c1.O=C(O)C(=O)O. The van der Waals surface area contributed by atoms with Gasteiger partial charge in [0.1, 0.15) is 5.75 Å². The van der Waals surface area contributed by atoms with Gasteiger partial charge in [-0.05, 0) is 43.1 Å². The van der Waals surface area contributed by atoms with Crippen molar-refractivity contribution in [3.8, 4) is 5.75 Å². The Morgan fingerprint density at radius 3 is 2.29 bits per heavy atom. The van der Waals surface area contributed by atoms with Crippen LogP contribution in [0.4, 0.5) is 0 Å². The quantitative estimate of drug-likeness (QED) is 0.339. The van der Waals surface area contributed by atoms with Gasteiger partial charge in [0.15, 0.2) is 0 Å². The highest BCUT2D eigenvalue weighted by Crippen LogP contribution is 2.24. The molecule has 0 aliphatic heterocycles. The second kappa shape index (κ2) is 13.6. The highest BCUT2D eigenvalue weighted by Gasteiger charge is 2.05. The molecule has 0 saturated carbocycles. The zero-order valence-corrected chi connectivity index (χ0v) is 16.6. The standard InChI is InChI=1S/C19H30N2O.C2H2O4/c1-2-3-4-5-6-7-8-13-22-17-9-10-19-18(14-17)16(11-12-20)15-21-19;3-1(4)2(5)6/h9-10,14-15,21H,2-8,11-13,20H2,1H3;(H,3,4)(H,5,6). The molecular formula is C21H32N2O5. The summed E-state index contributed by atoms with van der Waals surface area (Å²) in [6.07, 6.45) is 12.1. The van der Waals surface area contributed by atoms with Crippen molar-refractivity contribution < 1.29 is 24.5 Å². The molecule has 0 fully saturated rings. The molecule has 7 nitrogen and oxygen atoms in total. The van der Waals surface area contributed by atoms with Gasteiger partial charge in [-0.15, -0.1) is 0 Å². The number of hydrogen-bond donors (Lipinski definition) is 4. The molecule has 7 heteroatoms. The van der Waals surface area contributed by atoms with Gasteiger partial charge in [-0.2, -0.15) is 0 Å². The number of carboxylic acids is 2. The second-order valence-electron chi connectivity index (χ2n) is 6.64. The van der Waals surface area contributed by atoms with Gasteiger partial charge in [-0.25, -0.2) is 9.59 Å². The van der Waals surface area contributed by atoms with Crippen LogP contribution < -0.4 is 10.5 Å². The number of aromatic nitrogens is 1. The maximum atomic E-state index is 9.10. The van der Waals surface area contributed by atoms with E-state index in [0.717, 1.165) is 30.7 Å². The molecule has 5 N–H and O–H groups in total. The highest BCUT2D eigenvalue weighted by molar-refractivity contribution is 6.27. The number of carbonyl (C=O) groups is 2. The molecule has 1 aromatic carbocycles. The Morgan fingerprint density at radius 2 is 1.68 bits per heavy atom. The number of aliphatic carboxylic acids is 2. The van der Waals surface area contributed by atoms with Gasteiger partial charge in [-0.1, -0.05) is 45.4 Å². The van der Waals surface area contributed by atoms with Crippen LogP contribution in [-0.2, 0) is 16.0 Å². The number of ether oxygens (including phenoxy) is 1. The number of nitrogens with one attached hydrogen (secondary N) is 1. The van der Waals surface area contributed by atoms with E-state index < -0.39 is 11.9 Å². The molecule has 0 radical (unpaired) electrons. The summed E-state index contributed by atoms with van der Waals surface area (Å²) in [5.41, 5.74) is 8.10. The van der Waals surface area contributed by atoms with Crippen LogP contribution in [0.1, 0.15) is 57.4 Å². The van der Waals surface area contributed by atoms with Crippen molar-refractivity contribution in [2.45, 2.75) is 58.3 Å². The first-order chi connectivity index (χ1) is 13.5.